The Morgan fingerprint density at radius 3 is 2.41 bits per heavy atom. The van der Waals surface area contributed by atoms with Crippen molar-refractivity contribution in [2.24, 2.45) is 12.0 Å². The summed E-state index contributed by atoms with van der Waals surface area (Å²) < 4.78 is 24.8. The molecule has 0 amide bonds. The van der Waals surface area contributed by atoms with Crippen LogP contribution in [0.15, 0.2) is 46.5 Å². The largest absolute Gasteiger partial charge is 0.357 e. The number of sulfone groups is 1. The van der Waals surface area contributed by atoms with Crippen LogP contribution in [0.25, 0.3) is 0 Å². The Morgan fingerprint density at radius 1 is 1.15 bits per heavy atom. The summed E-state index contributed by atoms with van der Waals surface area (Å²) in [7, 11) is -1.24. The number of aliphatic imine (C=N–C) groups is 1. The summed E-state index contributed by atoms with van der Waals surface area (Å²) in [5.41, 5.74) is 2.24. The molecule has 7 nitrogen and oxygen atoms in total. The minimum Gasteiger partial charge on any atom is -0.357 e. The SMILES string of the molecule is CCNC(=NCCc1ccc(S(C)(=O)=O)cc1)NCCc1cnn(C)c1.I. The van der Waals surface area contributed by atoms with Gasteiger partial charge in [0, 0.05) is 39.1 Å². The first kappa shape index (κ1) is 23.4. The summed E-state index contributed by atoms with van der Waals surface area (Å²) >= 11 is 0. The number of rotatable bonds is 8. The fraction of sp³-hybridized carbons (Fsp3) is 0.444. The maximum atomic E-state index is 11.5. The lowest BCUT2D eigenvalue weighted by molar-refractivity contribution is 0.602. The van der Waals surface area contributed by atoms with Gasteiger partial charge in [-0.25, -0.2) is 8.42 Å². The fourth-order valence-electron chi connectivity index (χ4n) is 2.47. The van der Waals surface area contributed by atoms with Gasteiger partial charge >= 0.3 is 0 Å². The summed E-state index contributed by atoms with van der Waals surface area (Å²) in [5, 5.41) is 10.7. The molecular weight excluding hydrogens is 477 g/mol. The monoisotopic (exact) mass is 505 g/mol. The highest BCUT2D eigenvalue weighted by molar-refractivity contribution is 14.0. The molecule has 1 aromatic carbocycles. The topological polar surface area (TPSA) is 88.4 Å². The Bertz CT molecular complexity index is 832. The van der Waals surface area contributed by atoms with Crippen molar-refractivity contribution in [3.05, 3.63) is 47.8 Å². The van der Waals surface area contributed by atoms with E-state index in [4.69, 9.17) is 0 Å². The number of nitrogens with zero attached hydrogens (tertiary/aromatic N) is 3. The first-order valence-corrected chi connectivity index (χ1v) is 10.6. The quantitative estimate of drug-likeness (QED) is 0.325. The van der Waals surface area contributed by atoms with E-state index >= 15 is 0 Å². The van der Waals surface area contributed by atoms with Gasteiger partial charge in [-0.3, -0.25) is 9.67 Å². The van der Waals surface area contributed by atoms with Crippen LogP contribution < -0.4 is 10.6 Å². The fourth-order valence-corrected chi connectivity index (χ4v) is 3.10. The molecule has 150 valence electrons. The molecule has 0 aliphatic heterocycles. The van der Waals surface area contributed by atoms with Crippen LogP contribution in [0, 0.1) is 0 Å². The van der Waals surface area contributed by atoms with Crippen molar-refractivity contribution in [1.82, 2.24) is 20.4 Å². The van der Waals surface area contributed by atoms with Crippen LogP contribution in [0.2, 0.25) is 0 Å². The van der Waals surface area contributed by atoms with Crippen molar-refractivity contribution in [1.29, 1.82) is 0 Å². The van der Waals surface area contributed by atoms with E-state index in [1.807, 2.05) is 38.5 Å². The molecule has 2 aromatic rings. The third-order valence-corrected chi connectivity index (χ3v) is 4.96. The number of benzene rings is 1. The molecule has 0 radical (unpaired) electrons. The van der Waals surface area contributed by atoms with Gasteiger partial charge in [0.05, 0.1) is 11.1 Å². The van der Waals surface area contributed by atoms with Crippen molar-refractivity contribution in [3.63, 3.8) is 0 Å². The Labute approximate surface area is 178 Å². The van der Waals surface area contributed by atoms with Crippen LogP contribution in [0.5, 0.6) is 0 Å². The zero-order valence-electron chi connectivity index (χ0n) is 16.0. The molecule has 2 rings (SSSR count). The van der Waals surface area contributed by atoms with E-state index in [9.17, 15) is 8.42 Å². The number of hydrogen-bond donors (Lipinski definition) is 2. The third-order valence-electron chi connectivity index (χ3n) is 3.83. The number of aromatic nitrogens is 2. The summed E-state index contributed by atoms with van der Waals surface area (Å²) in [5.74, 6) is 0.782. The van der Waals surface area contributed by atoms with Crippen LogP contribution in [-0.4, -0.2) is 50.0 Å². The highest BCUT2D eigenvalue weighted by atomic mass is 127. The number of halogens is 1. The standard InChI is InChI=1S/C18H27N5O2S.HI/c1-4-19-18(21-12-10-16-13-22-23(2)14-16)20-11-9-15-5-7-17(8-6-15)26(3,24)25;/h5-8,13-14H,4,9-12H2,1-3H3,(H2,19,20,21);1H. The molecule has 0 fully saturated rings. The first-order valence-electron chi connectivity index (χ1n) is 8.67. The molecule has 1 aromatic heterocycles. The number of guanidine groups is 1. The Hall–Kier alpha value is -1.62. The highest BCUT2D eigenvalue weighted by Gasteiger charge is 2.06. The molecule has 9 heteroatoms. The van der Waals surface area contributed by atoms with Gasteiger partial charge in [0.25, 0.3) is 0 Å². The summed E-state index contributed by atoms with van der Waals surface area (Å²) in [6.45, 7) is 4.23. The Kier molecular flexibility index (Phi) is 9.78. The summed E-state index contributed by atoms with van der Waals surface area (Å²) in [4.78, 5) is 4.91. The lowest BCUT2D eigenvalue weighted by Crippen LogP contribution is -2.38. The van der Waals surface area contributed by atoms with E-state index in [0.29, 0.717) is 11.4 Å². The molecule has 0 saturated heterocycles. The van der Waals surface area contributed by atoms with Gasteiger partial charge in [-0.2, -0.15) is 5.10 Å². The molecular formula is C18H28IN5O2S. The zero-order valence-corrected chi connectivity index (χ0v) is 19.1. The molecule has 0 bridgehead atoms. The average Bonchev–Trinajstić information content (AvgIpc) is 3.00. The summed E-state index contributed by atoms with van der Waals surface area (Å²) in [6, 6.07) is 6.97. The van der Waals surface area contributed by atoms with Crippen LogP contribution in [0.1, 0.15) is 18.1 Å². The minimum absolute atomic E-state index is 0. The number of aryl methyl sites for hydroxylation is 1. The van der Waals surface area contributed by atoms with Crippen LogP contribution in [0.4, 0.5) is 0 Å². The van der Waals surface area contributed by atoms with Crippen LogP contribution >= 0.6 is 24.0 Å². The van der Waals surface area contributed by atoms with E-state index in [0.717, 1.165) is 37.5 Å². The van der Waals surface area contributed by atoms with E-state index in [-0.39, 0.29) is 24.0 Å². The molecule has 0 spiro atoms. The van der Waals surface area contributed by atoms with Crippen LogP contribution in [-0.2, 0) is 29.7 Å². The molecule has 0 saturated carbocycles. The van der Waals surface area contributed by atoms with Crippen molar-refractivity contribution in [2.75, 3.05) is 25.9 Å². The van der Waals surface area contributed by atoms with Crippen LogP contribution in [0.3, 0.4) is 0 Å². The van der Waals surface area contributed by atoms with Gasteiger partial charge in [0.2, 0.25) is 0 Å². The van der Waals surface area contributed by atoms with Gasteiger partial charge in [0.15, 0.2) is 15.8 Å². The first-order chi connectivity index (χ1) is 12.4. The zero-order chi connectivity index (χ0) is 19.0. The molecule has 2 N–H and O–H groups in total. The maximum absolute atomic E-state index is 11.5. The normalized spacial score (nSPS) is 11.7. The smallest absolute Gasteiger partial charge is 0.191 e. The van der Waals surface area contributed by atoms with E-state index in [1.54, 1.807) is 16.8 Å². The Balaban J connectivity index is 0.00000364. The second-order valence-corrected chi connectivity index (χ2v) is 8.14. The minimum atomic E-state index is -3.15. The predicted octanol–water partition coefficient (Wildman–Crippen LogP) is 1.78. The molecule has 0 unspecified atom stereocenters. The van der Waals surface area contributed by atoms with Crippen molar-refractivity contribution >= 4 is 39.8 Å². The van der Waals surface area contributed by atoms with Gasteiger partial charge in [-0.1, -0.05) is 12.1 Å². The lowest BCUT2D eigenvalue weighted by atomic mass is 10.1. The molecule has 0 aliphatic rings. The van der Waals surface area contributed by atoms with Crippen molar-refractivity contribution in [2.45, 2.75) is 24.7 Å². The predicted molar refractivity (Wildman–Crippen MR) is 120 cm³/mol. The van der Waals surface area contributed by atoms with E-state index in [2.05, 4.69) is 20.7 Å². The van der Waals surface area contributed by atoms with Gasteiger partial charge in [0.1, 0.15) is 0 Å². The van der Waals surface area contributed by atoms with Crippen molar-refractivity contribution in [3.8, 4) is 0 Å². The molecule has 1 heterocycles. The second kappa shape index (κ2) is 11.3. The van der Waals surface area contributed by atoms with E-state index < -0.39 is 9.84 Å². The molecule has 27 heavy (non-hydrogen) atoms. The lowest BCUT2D eigenvalue weighted by Gasteiger charge is -2.11. The van der Waals surface area contributed by atoms with Crippen molar-refractivity contribution < 1.29 is 8.42 Å². The average molecular weight is 505 g/mol. The Morgan fingerprint density at radius 2 is 1.85 bits per heavy atom. The third kappa shape index (κ3) is 8.29. The summed E-state index contributed by atoms with van der Waals surface area (Å²) in [6.07, 6.45) is 6.72. The number of nitrogens with one attached hydrogen (secondary N) is 2. The number of hydrogen-bond acceptors (Lipinski definition) is 4. The molecule has 0 aliphatic carbocycles. The second-order valence-electron chi connectivity index (χ2n) is 6.13. The van der Waals surface area contributed by atoms with E-state index in [1.165, 1.54) is 11.8 Å². The van der Waals surface area contributed by atoms with Gasteiger partial charge in [-0.05, 0) is 43.0 Å². The van der Waals surface area contributed by atoms with Gasteiger partial charge in [-0.15, -0.1) is 24.0 Å². The van der Waals surface area contributed by atoms with Gasteiger partial charge < -0.3 is 10.6 Å². The molecule has 0 atom stereocenters. The maximum Gasteiger partial charge on any atom is 0.191 e. The highest BCUT2D eigenvalue weighted by Crippen LogP contribution is 2.10.